The van der Waals surface area contributed by atoms with Gasteiger partial charge in [-0.1, -0.05) is 18.2 Å². The van der Waals surface area contributed by atoms with Crippen LogP contribution in [-0.4, -0.2) is 40.5 Å². The zero-order chi connectivity index (χ0) is 21.3. The van der Waals surface area contributed by atoms with Gasteiger partial charge in [-0.2, -0.15) is 0 Å². The van der Waals surface area contributed by atoms with E-state index < -0.39 is 29.7 Å². The molecule has 2 aromatic carbocycles. The van der Waals surface area contributed by atoms with Crippen LogP contribution < -0.4 is 5.32 Å². The van der Waals surface area contributed by atoms with Gasteiger partial charge in [-0.05, 0) is 24.3 Å². The Labute approximate surface area is 170 Å². The van der Waals surface area contributed by atoms with Crippen molar-refractivity contribution in [2.45, 2.75) is 12.5 Å². The number of amides is 2. The summed E-state index contributed by atoms with van der Waals surface area (Å²) >= 11 is 0. The lowest BCUT2D eigenvalue weighted by molar-refractivity contribution is 0.0600. The number of ether oxygens (including phenoxy) is 1. The third kappa shape index (κ3) is 3.49. The number of H-pyrrole nitrogens is 1. The Hall–Kier alpha value is -3.75. The van der Waals surface area contributed by atoms with Gasteiger partial charge in [0.15, 0.2) is 11.6 Å². The van der Waals surface area contributed by atoms with Gasteiger partial charge in [0.05, 0.1) is 24.7 Å². The molecule has 1 aliphatic heterocycles. The van der Waals surface area contributed by atoms with Crippen LogP contribution >= 0.6 is 0 Å². The second kappa shape index (κ2) is 7.94. The van der Waals surface area contributed by atoms with E-state index >= 15 is 0 Å². The lowest BCUT2D eigenvalue weighted by Crippen LogP contribution is -2.43. The molecule has 9 heteroatoms. The Bertz CT molecular complexity index is 1120. The first kappa shape index (κ1) is 19.6. The summed E-state index contributed by atoms with van der Waals surface area (Å²) in [6.45, 7) is 0.262. The van der Waals surface area contributed by atoms with Crippen molar-refractivity contribution in [3.63, 3.8) is 0 Å². The van der Waals surface area contributed by atoms with E-state index in [9.17, 15) is 18.4 Å². The number of halogens is 2. The maximum Gasteiger partial charge on any atom is 0.337 e. The highest BCUT2D eigenvalue weighted by molar-refractivity contribution is 5.94. The van der Waals surface area contributed by atoms with Gasteiger partial charge in [-0.15, -0.1) is 0 Å². The molecule has 2 heterocycles. The molecular weight excluding hydrogens is 394 g/mol. The summed E-state index contributed by atoms with van der Waals surface area (Å²) in [5.74, 6) is -2.56. The molecule has 0 saturated heterocycles. The highest BCUT2D eigenvalue weighted by atomic mass is 19.2. The number of imidazole rings is 1. The van der Waals surface area contributed by atoms with Gasteiger partial charge in [0.25, 0.3) is 0 Å². The number of fused-ring (bicyclic) bond motifs is 1. The van der Waals surface area contributed by atoms with Crippen molar-refractivity contribution in [3.8, 4) is 0 Å². The standard InChI is InChI=1S/C21H18F2N4O3/c1-30-20(28)12-4-2-5-13(10-12)26-21(29)27-9-8-16-18(25-11-24-16)19(27)14-6-3-7-15(22)17(14)23/h2-7,10-11,19H,8-9H2,1H3,(H,24,25)(H,26,29)/t19-/m0/s1. The average Bonchev–Trinajstić information content (AvgIpc) is 3.23. The minimum absolute atomic E-state index is 0.0153. The van der Waals surface area contributed by atoms with Gasteiger partial charge >= 0.3 is 12.0 Å². The van der Waals surface area contributed by atoms with Crippen molar-refractivity contribution in [1.82, 2.24) is 14.9 Å². The molecule has 1 atom stereocenters. The van der Waals surface area contributed by atoms with E-state index in [0.29, 0.717) is 17.8 Å². The molecule has 1 aromatic heterocycles. The fourth-order valence-electron chi connectivity index (χ4n) is 3.58. The van der Waals surface area contributed by atoms with E-state index in [4.69, 9.17) is 4.74 Å². The highest BCUT2D eigenvalue weighted by Gasteiger charge is 2.36. The largest absolute Gasteiger partial charge is 0.465 e. The number of carbonyl (C=O) groups excluding carboxylic acids is 2. The lowest BCUT2D eigenvalue weighted by atomic mass is 9.95. The minimum atomic E-state index is -1.02. The summed E-state index contributed by atoms with van der Waals surface area (Å²) in [5, 5.41) is 2.71. The number of rotatable bonds is 3. The maximum absolute atomic E-state index is 14.6. The van der Waals surface area contributed by atoms with Gasteiger partial charge in [0, 0.05) is 29.9 Å². The number of nitrogens with zero attached hydrogens (tertiary/aromatic N) is 2. The fraction of sp³-hybridized carbons (Fsp3) is 0.190. The van der Waals surface area contributed by atoms with Crippen LogP contribution in [0.15, 0.2) is 48.8 Å². The zero-order valence-corrected chi connectivity index (χ0v) is 16.0. The van der Waals surface area contributed by atoms with Gasteiger partial charge in [-0.3, -0.25) is 0 Å². The number of aromatic nitrogens is 2. The zero-order valence-electron chi connectivity index (χ0n) is 16.0. The number of aromatic amines is 1. The van der Waals surface area contributed by atoms with E-state index in [1.165, 1.54) is 36.5 Å². The number of hydrogen-bond donors (Lipinski definition) is 2. The van der Waals surface area contributed by atoms with Crippen molar-refractivity contribution in [3.05, 3.63) is 82.9 Å². The molecule has 4 rings (SSSR count). The average molecular weight is 412 g/mol. The summed E-state index contributed by atoms with van der Waals surface area (Å²) in [4.78, 5) is 33.4. The Morgan fingerprint density at radius 1 is 1.23 bits per heavy atom. The lowest BCUT2D eigenvalue weighted by Gasteiger charge is -2.35. The molecule has 30 heavy (non-hydrogen) atoms. The maximum atomic E-state index is 14.6. The molecule has 1 aliphatic rings. The van der Waals surface area contributed by atoms with E-state index in [1.54, 1.807) is 18.2 Å². The molecule has 2 N–H and O–H groups in total. The van der Waals surface area contributed by atoms with Crippen LogP contribution in [0.3, 0.4) is 0 Å². The van der Waals surface area contributed by atoms with Crippen LogP contribution in [-0.2, 0) is 11.2 Å². The Kier molecular flexibility index (Phi) is 5.18. The molecule has 0 unspecified atom stereocenters. The summed E-state index contributed by atoms with van der Waals surface area (Å²) in [6, 6.07) is 8.68. The highest BCUT2D eigenvalue weighted by Crippen LogP contribution is 2.35. The third-order valence-corrected chi connectivity index (χ3v) is 5.00. The van der Waals surface area contributed by atoms with Crippen LogP contribution in [0, 0.1) is 11.6 Å². The molecule has 0 fully saturated rings. The molecule has 0 bridgehead atoms. The minimum Gasteiger partial charge on any atom is -0.465 e. The van der Waals surface area contributed by atoms with Crippen LogP contribution in [0.25, 0.3) is 0 Å². The van der Waals surface area contributed by atoms with Crippen LogP contribution in [0.1, 0.15) is 33.4 Å². The molecule has 0 radical (unpaired) electrons. The van der Waals surface area contributed by atoms with E-state index in [-0.39, 0.29) is 17.7 Å². The number of nitrogens with one attached hydrogen (secondary N) is 2. The number of hydrogen-bond acceptors (Lipinski definition) is 4. The first-order valence-corrected chi connectivity index (χ1v) is 9.21. The Morgan fingerprint density at radius 2 is 2.03 bits per heavy atom. The van der Waals surface area contributed by atoms with E-state index in [1.807, 2.05) is 0 Å². The van der Waals surface area contributed by atoms with Crippen molar-refractivity contribution >= 4 is 17.7 Å². The number of anilines is 1. The third-order valence-electron chi connectivity index (χ3n) is 5.00. The quantitative estimate of drug-likeness (QED) is 0.643. The molecule has 7 nitrogen and oxygen atoms in total. The van der Waals surface area contributed by atoms with Gasteiger partial charge in [0.2, 0.25) is 0 Å². The van der Waals surface area contributed by atoms with Gasteiger partial charge in [0.1, 0.15) is 6.04 Å². The van der Waals surface area contributed by atoms with E-state index in [2.05, 4.69) is 15.3 Å². The number of urea groups is 1. The van der Waals surface area contributed by atoms with Gasteiger partial charge in [-0.25, -0.2) is 23.4 Å². The van der Waals surface area contributed by atoms with Crippen molar-refractivity contribution in [1.29, 1.82) is 0 Å². The smallest absolute Gasteiger partial charge is 0.337 e. The molecule has 0 spiro atoms. The van der Waals surface area contributed by atoms with Crippen LogP contribution in [0.2, 0.25) is 0 Å². The SMILES string of the molecule is COC(=O)c1cccc(NC(=O)N2CCc3[nH]cnc3[C@@H]2c2cccc(F)c2F)c1. The predicted molar refractivity (Wildman–Crippen MR) is 104 cm³/mol. The van der Waals surface area contributed by atoms with Gasteiger partial charge < -0.3 is 19.9 Å². The van der Waals surface area contributed by atoms with E-state index in [0.717, 1.165) is 11.8 Å². The summed E-state index contributed by atoms with van der Waals surface area (Å²) in [7, 11) is 1.26. The Balaban J connectivity index is 1.68. The second-order valence-corrected chi connectivity index (χ2v) is 6.76. The molecule has 2 amide bonds. The van der Waals surface area contributed by atoms with Crippen molar-refractivity contribution < 1.29 is 23.1 Å². The number of carbonyl (C=O) groups is 2. The molecule has 3 aromatic rings. The monoisotopic (exact) mass is 412 g/mol. The Morgan fingerprint density at radius 3 is 2.83 bits per heavy atom. The predicted octanol–water partition coefficient (Wildman–Crippen LogP) is 3.65. The number of methoxy groups -OCH3 is 1. The molecule has 154 valence electrons. The van der Waals surface area contributed by atoms with Crippen molar-refractivity contribution in [2.24, 2.45) is 0 Å². The summed E-state index contributed by atoms with van der Waals surface area (Å²) < 4.78 is 33.2. The topological polar surface area (TPSA) is 87.3 Å². The second-order valence-electron chi connectivity index (χ2n) is 6.76. The first-order valence-electron chi connectivity index (χ1n) is 9.21. The number of esters is 1. The summed E-state index contributed by atoms with van der Waals surface area (Å²) in [6.07, 6.45) is 1.95. The normalized spacial score (nSPS) is 15.4. The fourth-order valence-corrected chi connectivity index (χ4v) is 3.58. The molecule has 0 saturated carbocycles. The molecule has 0 aliphatic carbocycles. The first-order chi connectivity index (χ1) is 14.5. The molecular formula is C21H18F2N4O3. The number of benzene rings is 2. The van der Waals surface area contributed by atoms with Crippen molar-refractivity contribution in [2.75, 3.05) is 19.0 Å². The summed E-state index contributed by atoms with van der Waals surface area (Å²) in [5.41, 5.74) is 1.89. The van der Waals surface area contributed by atoms with Crippen LogP contribution in [0.5, 0.6) is 0 Å². The van der Waals surface area contributed by atoms with Crippen LogP contribution in [0.4, 0.5) is 19.3 Å².